The minimum Gasteiger partial charge on any atom is -0.321 e. The number of rotatable bonds is 2. The van der Waals surface area contributed by atoms with E-state index in [1.54, 1.807) is 25.1 Å². The molecule has 0 bridgehead atoms. The van der Waals surface area contributed by atoms with E-state index < -0.39 is 11.7 Å². The lowest BCUT2D eigenvalue weighted by Gasteiger charge is -2.09. The summed E-state index contributed by atoms with van der Waals surface area (Å²) in [5.41, 5.74) is 0.819. The van der Waals surface area contributed by atoms with Crippen LogP contribution in [0.5, 0.6) is 0 Å². The normalized spacial score (nSPS) is 9.90. The molecule has 0 aromatic heterocycles. The highest BCUT2D eigenvalue weighted by Gasteiger charge is 2.15. The standard InChI is InChI=1S/C15H10ClFN2O/c1-9-3-2-4-12(14(9)17)15(20)19-13-7-11(16)6-5-10(13)8-18/h2-7H,1H3,(H,19,20). The minimum absolute atomic E-state index is 0.0751. The molecule has 1 N–H and O–H groups in total. The van der Waals surface area contributed by atoms with Crippen molar-refractivity contribution >= 4 is 23.2 Å². The Kier molecular flexibility index (Phi) is 4.02. The number of carbonyl (C=O) groups is 1. The number of nitrogens with one attached hydrogen (secondary N) is 1. The van der Waals surface area contributed by atoms with Crippen molar-refractivity contribution in [1.82, 2.24) is 0 Å². The maximum Gasteiger partial charge on any atom is 0.258 e. The zero-order valence-corrected chi connectivity index (χ0v) is 11.3. The fourth-order valence-electron chi connectivity index (χ4n) is 1.73. The van der Waals surface area contributed by atoms with E-state index in [0.717, 1.165) is 0 Å². The maximum absolute atomic E-state index is 13.9. The summed E-state index contributed by atoms with van der Waals surface area (Å²) in [6.45, 7) is 1.58. The highest BCUT2D eigenvalue weighted by atomic mass is 35.5. The molecule has 0 atom stereocenters. The molecule has 5 heteroatoms. The first-order chi connectivity index (χ1) is 9.52. The smallest absolute Gasteiger partial charge is 0.258 e. The Morgan fingerprint density at radius 2 is 2.10 bits per heavy atom. The Bertz CT molecular complexity index is 722. The average molecular weight is 289 g/mol. The van der Waals surface area contributed by atoms with Crippen LogP contribution in [0.1, 0.15) is 21.5 Å². The summed E-state index contributed by atoms with van der Waals surface area (Å²) in [6, 6.07) is 11.0. The third-order valence-electron chi connectivity index (χ3n) is 2.79. The molecule has 3 nitrogen and oxygen atoms in total. The Hall–Kier alpha value is -2.38. The van der Waals surface area contributed by atoms with E-state index in [0.29, 0.717) is 10.6 Å². The maximum atomic E-state index is 13.9. The van der Waals surface area contributed by atoms with Crippen molar-refractivity contribution in [3.05, 3.63) is 63.9 Å². The monoisotopic (exact) mass is 288 g/mol. The molecule has 2 rings (SSSR count). The van der Waals surface area contributed by atoms with Crippen LogP contribution in [0.15, 0.2) is 36.4 Å². The van der Waals surface area contributed by atoms with Gasteiger partial charge in [0.1, 0.15) is 11.9 Å². The second-order valence-electron chi connectivity index (χ2n) is 4.19. The number of nitrogens with zero attached hydrogens (tertiary/aromatic N) is 1. The van der Waals surface area contributed by atoms with Crippen LogP contribution in [0.25, 0.3) is 0 Å². The first kappa shape index (κ1) is 14.0. The molecule has 0 aliphatic heterocycles. The van der Waals surface area contributed by atoms with Crippen molar-refractivity contribution in [2.45, 2.75) is 6.92 Å². The van der Waals surface area contributed by atoms with Crippen LogP contribution in [0, 0.1) is 24.1 Å². The van der Waals surface area contributed by atoms with Gasteiger partial charge >= 0.3 is 0 Å². The number of benzene rings is 2. The fourth-order valence-corrected chi connectivity index (χ4v) is 1.90. The van der Waals surface area contributed by atoms with Gasteiger partial charge in [0, 0.05) is 5.02 Å². The highest BCUT2D eigenvalue weighted by molar-refractivity contribution is 6.31. The van der Waals surface area contributed by atoms with Crippen molar-refractivity contribution in [2.75, 3.05) is 5.32 Å². The van der Waals surface area contributed by atoms with Crippen molar-refractivity contribution in [1.29, 1.82) is 5.26 Å². The molecule has 0 saturated carbocycles. The molecule has 0 aliphatic rings. The quantitative estimate of drug-likeness (QED) is 0.911. The molecule has 0 saturated heterocycles. The van der Waals surface area contributed by atoms with Gasteiger partial charge in [-0.15, -0.1) is 0 Å². The number of nitriles is 1. The van der Waals surface area contributed by atoms with Gasteiger partial charge in [-0.25, -0.2) is 4.39 Å². The third kappa shape index (κ3) is 2.79. The fraction of sp³-hybridized carbons (Fsp3) is 0.0667. The first-order valence-electron chi connectivity index (χ1n) is 5.79. The van der Waals surface area contributed by atoms with E-state index in [2.05, 4.69) is 5.32 Å². The zero-order chi connectivity index (χ0) is 14.7. The van der Waals surface area contributed by atoms with Gasteiger partial charge < -0.3 is 5.32 Å². The summed E-state index contributed by atoms with van der Waals surface area (Å²) in [4.78, 5) is 12.1. The van der Waals surface area contributed by atoms with Gasteiger partial charge in [0.05, 0.1) is 16.8 Å². The summed E-state index contributed by atoms with van der Waals surface area (Å²) in [5.74, 6) is -1.20. The molecule has 0 heterocycles. The molecule has 100 valence electrons. The van der Waals surface area contributed by atoms with Crippen LogP contribution in [0.4, 0.5) is 10.1 Å². The van der Waals surface area contributed by atoms with Crippen LogP contribution < -0.4 is 5.32 Å². The SMILES string of the molecule is Cc1cccc(C(=O)Nc2cc(Cl)ccc2C#N)c1F. The van der Waals surface area contributed by atoms with Crippen LogP contribution >= 0.6 is 11.6 Å². The lowest BCUT2D eigenvalue weighted by molar-refractivity contribution is 0.102. The molecule has 0 radical (unpaired) electrons. The Morgan fingerprint density at radius 1 is 1.35 bits per heavy atom. The minimum atomic E-state index is -0.620. The predicted octanol–water partition coefficient (Wildman–Crippen LogP) is 3.91. The number of aryl methyl sites for hydroxylation is 1. The largest absolute Gasteiger partial charge is 0.321 e. The molecule has 20 heavy (non-hydrogen) atoms. The van der Waals surface area contributed by atoms with Crippen molar-refractivity contribution in [3.8, 4) is 6.07 Å². The molecule has 1 amide bonds. The number of hydrogen-bond donors (Lipinski definition) is 1. The van der Waals surface area contributed by atoms with Crippen LogP contribution in [-0.4, -0.2) is 5.91 Å². The highest BCUT2D eigenvalue weighted by Crippen LogP contribution is 2.22. The molecule has 0 fully saturated rings. The zero-order valence-electron chi connectivity index (χ0n) is 10.6. The van der Waals surface area contributed by atoms with E-state index in [9.17, 15) is 9.18 Å². The lowest BCUT2D eigenvalue weighted by atomic mass is 10.1. The van der Waals surface area contributed by atoms with Gasteiger partial charge in [0.25, 0.3) is 5.91 Å². The van der Waals surface area contributed by atoms with E-state index in [1.165, 1.54) is 18.2 Å². The van der Waals surface area contributed by atoms with Gasteiger partial charge in [0.15, 0.2) is 0 Å². The van der Waals surface area contributed by atoms with Crippen LogP contribution in [0.2, 0.25) is 5.02 Å². The van der Waals surface area contributed by atoms with Gasteiger partial charge in [-0.1, -0.05) is 23.7 Å². The molecule has 0 spiro atoms. The first-order valence-corrected chi connectivity index (χ1v) is 6.17. The molecule has 0 aliphatic carbocycles. The number of amides is 1. The van der Waals surface area contributed by atoms with E-state index >= 15 is 0 Å². The Labute approximate surface area is 120 Å². The Morgan fingerprint density at radius 3 is 2.80 bits per heavy atom. The number of carbonyl (C=O) groups excluding carboxylic acids is 1. The topological polar surface area (TPSA) is 52.9 Å². The van der Waals surface area contributed by atoms with Gasteiger partial charge in [-0.05, 0) is 36.8 Å². The second-order valence-corrected chi connectivity index (χ2v) is 4.63. The van der Waals surface area contributed by atoms with Crippen molar-refractivity contribution in [2.24, 2.45) is 0 Å². The van der Waals surface area contributed by atoms with E-state index in [4.69, 9.17) is 16.9 Å². The van der Waals surface area contributed by atoms with Crippen molar-refractivity contribution in [3.63, 3.8) is 0 Å². The molecule has 2 aromatic rings. The molecular weight excluding hydrogens is 279 g/mol. The van der Waals surface area contributed by atoms with Gasteiger partial charge in [-0.2, -0.15) is 5.26 Å². The molecular formula is C15H10ClFN2O. The lowest BCUT2D eigenvalue weighted by Crippen LogP contribution is -2.15. The van der Waals surface area contributed by atoms with Gasteiger partial charge in [-0.3, -0.25) is 4.79 Å². The summed E-state index contributed by atoms with van der Waals surface area (Å²) < 4.78 is 13.9. The summed E-state index contributed by atoms with van der Waals surface area (Å²) in [7, 11) is 0. The molecule has 0 unspecified atom stereocenters. The molecule has 2 aromatic carbocycles. The predicted molar refractivity (Wildman–Crippen MR) is 75.3 cm³/mol. The van der Waals surface area contributed by atoms with Crippen LogP contribution in [0.3, 0.4) is 0 Å². The summed E-state index contributed by atoms with van der Waals surface area (Å²) in [5, 5.41) is 11.9. The third-order valence-corrected chi connectivity index (χ3v) is 3.02. The second kappa shape index (κ2) is 5.72. The number of hydrogen-bond acceptors (Lipinski definition) is 2. The summed E-state index contributed by atoms with van der Waals surface area (Å²) in [6.07, 6.45) is 0. The average Bonchev–Trinajstić information content (AvgIpc) is 2.42. The number of halogens is 2. The Balaban J connectivity index is 2.35. The van der Waals surface area contributed by atoms with Crippen LogP contribution in [-0.2, 0) is 0 Å². The number of anilines is 1. The van der Waals surface area contributed by atoms with Crippen molar-refractivity contribution < 1.29 is 9.18 Å². The summed E-state index contributed by atoms with van der Waals surface area (Å²) >= 11 is 5.82. The van der Waals surface area contributed by atoms with E-state index in [1.807, 2.05) is 6.07 Å². The van der Waals surface area contributed by atoms with Gasteiger partial charge in [0.2, 0.25) is 0 Å². The van der Waals surface area contributed by atoms with E-state index in [-0.39, 0.29) is 16.8 Å².